The third kappa shape index (κ3) is 7.82. The predicted molar refractivity (Wildman–Crippen MR) is 144 cm³/mol. The molecule has 0 aliphatic rings. The fourth-order valence-corrected chi connectivity index (χ4v) is 3.49. The van der Waals surface area contributed by atoms with Crippen molar-refractivity contribution in [1.82, 2.24) is 5.32 Å². The van der Waals surface area contributed by atoms with E-state index in [0.29, 0.717) is 11.4 Å². The van der Waals surface area contributed by atoms with E-state index in [1.165, 1.54) is 16.9 Å². The van der Waals surface area contributed by atoms with Crippen molar-refractivity contribution in [3.8, 4) is 5.75 Å². The summed E-state index contributed by atoms with van der Waals surface area (Å²) in [4.78, 5) is 53.2. The quantitative estimate of drug-likeness (QED) is 0.398. The number of urea groups is 1. The van der Waals surface area contributed by atoms with E-state index in [1.54, 1.807) is 73.8 Å². The highest BCUT2D eigenvalue weighted by Crippen LogP contribution is 2.28. The van der Waals surface area contributed by atoms with E-state index in [4.69, 9.17) is 4.74 Å². The van der Waals surface area contributed by atoms with E-state index in [0.717, 1.165) is 5.56 Å². The van der Waals surface area contributed by atoms with Crippen molar-refractivity contribution in [1.29, 1.82) is 0 Å². The number of hydrogen-bond donors (Lipinski definition) is 2. The topological polar surface area (TPSA) is 117 Å². The Morgan fingerprint density at radius 3 is 2.29 bits per heavy atom. The molecule has 3 aromatic rings. The van der Waals surface area contributed by atoms with Crippen LogP contribution in [0.15, 0.2) is 78.9 Å². The maximum absolute atomic E-state index is 13.4. The van der Waals surface area contributed by atoms with Crippen LogP contribution in [0.5, 0.6) is 5.75 Å². The molecule has 0 saturated heterocycles. The van der Waals surface area contributed by atoms with Gasteiger partial charge in [-0.3, -0.25) is 14.5 Å². The summed E-state index contributed by atoms with van der Waals surface area (Å²) in [7, 11) is 2.84. The van der Waals surface area contributed by atoms with Gasteiger partial charge in [-0.1, -0.05) is 42.5 Å². The molecule has 0 saturated carbocycles. The minimum absolute atomic E-state index is 0.200. The van der Waals surface area contributed by atoms with Crippen LogP contribution in [0.1, 0.15) is 5.56 Å². The first-order valence-corrected chi connectivity index (χ1v) is 11.8. The number of para-hydroxylation sites is 3. The standard InChI is InChI=1S/C28H30N4O6/c1-20-10-9-11-21(16-20)30-28(36)29-17-25(33)32(18-26(34)31(2)22-12-5-4-6-13-22)23-14-7-8-15-24(23)38-19-27(35)37-3/h4-16H,17-19H2,1-3H3,(H2,29,30,36). The molecule has 3 aromatic carbocycles. The largest absolute Gasteiger partial charge is 0.480 e. The number of likely N-dealkylation sites (N-methyl/N-ethyl adjacent to an activating group) is 1. The zero-order chi connectivity index (χ0) is 27.5. The van der Waals surface area contributed by atoms with E-state index in [2.05, 4.69) is 15.4 Å². The zero-order valence-corrected chi connectivity index (χ0v) is 21.5. The average Bonchev–Trinajstić information content (AvgIpc) is 2.93. The molecule has 198 valence electrons. The molecule has 0 bridgehead atoms. The molecule has 0 radical (unpaired) electrons. The third-order valence-electron chi connectivity index (χ3n) is 5.52. The second-order valence-electron chi connectivity index (χ2n) is 8.28. The van der Waals surface area contributed by atoms with E-state index < -0.39 is 24.5 Å². The molecular formula is C28H30N4O6. The fraction of sp³-hybridized carbons (Fsp3) is 0.214. The Bertz CT molecular complexity index is 1280. The Balaban J connectivity index is 1.79. The molecular weight excluding hydrogens is 488 g/mol. The minimum atomic E-state index is -0.605. The lowest BCUT2D eigenvalue weighted by Gasteiger charge is -2.27. The predicted octanol–water partition coefficient (Wildman–Crippen LogP) is 3.36. The van der Waals surface area contributed by atoms with Crippen molar-refractivity contribution >= 4 is 40.9 Å². The molecule has 2 N–H and O–H groups in total. The van der Waals surface area contributed by atoms with Gasteiger partial charge in [0.2, 0.25) is 11.8 Å². The highest BCUT2D eigenvalue weighted by atomic mass is 16.6. The van der Waals surface area contributed by atoms with Crippen molar-refractivity contribution < 1.29 is 28.7 Å². The van der Waals surface area contributed by atoms with Crippen LogP contribution in [0.2, 0.25) is 0 Å². The van der Waals surface area contributed by atoms with Gasteiger partial charge >= 0.3 is 12.0 Å². The summed E-state index contributed by atoms with van der Waals surface area (Å²) in [6.45, 7) is 0.771. The molecule has 10 heteroatoms. The number of hydrogen-bond acceptors (Lipinski definition) is 6. The summed E-state index contributed by atoms with van der Waals surface area (Å²) in [5.74, 6) is -1.34. The molecule has 4 amide bonds. The molecule has 0 aliphatic heterocycles. The van der Waals surface area contributed by atoms with Crippen LogP contribution in [0.25, 0.3) is 0 Å². The number of methoxy groups -OCH3 is 1. The Morgan fingerprint density at radius 1 is 0.868 bits per heavy atom. The molecule has 38 heavy (non-hydrogen) atoms. The molecule has 0 unspecified atom stereocenters. The number of rotatable bonds is 10. The minimum Gasteiger partial charge on any atom is -0.480 e. The van der Waals surface area contributed by atoms with Gasteiger partial charge in [-0.05, 0) is 48.9 Å². The fourth-order valence-electron chi connectivity index (χ4n) is 3.49. The number of amides is 4. The number of carbonyl (C=O) groups excluding carboxylic acids is 4. The van der Waals surface area contributed by atoms with Crippen LogP contribution in [0.3, 0.4) is 0 Å². The SMILES string of the molecule is COC(=O)COc1ccccc1N(CC(=O)N(C)c1ccccc1)C(=O)CNC(=O)Nc1cccc(C)c1. The molecule has 3 rings (SSSR count). The molecule has 0 heterocycles. The van der Waals surface area contributed by atoms with E-state index in [1.807, 2.05) is 19.1 Å². The van der Waals surface area contributed by atoms with Crippen LogP contribution in [0, 0.1) is 6.92 Å². The van der Waals surface area contributed by atoms with Gasteiger partial charge in [0.05, 0.1) is 19.3 Å². The van der Waals surface area contributed by atoms with Crippen LogP contribution >= 0.6 is 0 Å². The number of nitrogens with one attached hydrogen (secondary N) is 2. The average molecular weight is 519 g/mol. The number of nitrogens with zero attached hydrogens (tertiary/aromatic N) is 2. The van der Waals surface area contributed by atoms with E-state index >= 15 is 0 Å². The number of ether oxygens (including phenoxy) is 2. The van der Waals surface area contributed by atoms with Gasteiger partial charge in [-0.2, -0.15) is 0 Å². The number of benzene rings is 3. The number of anilines is 3. The monoisotopic (exact) mass is 518 g/mol. The highest BCUT2D eigenvalue weighted by molar-refractivity contribution is 6.05. The zero-order valence-electron chi connectivity index (χ0n) is 21.5. The second-order valence-corrected chi connectivity index (χ2v) is 8.28. The van der Waals surface area contributed by atoms with Crippen LogP contribution < -0.4 is 25.2 Å². The van der Waals surface area contributed by atoms with Gasteiger partial charge in [0.1, 0.15) is 12.3 Å². The van der Waals surface area contributed by atoms with Crippen molar-refractivity contribution in [3.05, 3.63) is 84.4 Å². The van der Waals surface area contributed by atoms with Crippen molar-refractivity contribution in [2.75, 3.05) is 49.0 Å². The lowest BCUT2D eigenvalue weighted by molar-refractivity contribution is -0.142. The summed E-state index contributed by atoms with van der Waals surface area (Å²) in [5, 5.41) is 5.21. The highest BCUT2D eigenvalue weighted by Gasteiger charge is 2.25. The third-order valence-corrected chi connectivity index (χ3v) is 5.52. The maximum Gasteiger partial charge on any atom is 0.343 e. The van der Waals surface area contributed by atoms with Gasteiger partial charge in [0.25, 0.3) is 0 Å². The molecule has 0 atom stereocenters. The molecule has 0 spiro atoms. The molecule has 10 nitrogen and oxygen atoms in total. The maximum atomic E-state index is 13.4. The van der Waals surface area contributed by atoms with Gasteiger partial charge in [-0.25, -0.2) is 9.59 Å². The Labute approximate surface area is 221 Å². The number of esters is 1. The van der Waals surface area contributed by atoms with Crippen LogP contribution in [0.4, 0.5) is 21.9 Å². The smallest absolute Gasteiger partial charge is 0.343 e. The van der Waals surface area contributed by atoms with E-state index in [9.17, 15) is 19.2 Å². The molecule has 0 aliphatic carbocycles. The van der Waals surface area contributed by atoms with Gasteiger partial charge in [-0.15, -0.1) is 0 Å². The van der Waals surface area contributed by atoms with Crippen LogP contribution in [-0.2, 0) is 19.1 Å². The lowest BCUT2D eigenvalue weighted by Crippen LogP contribution is -2.46. The summed E-state index contributed by atoms with van der Waals surface area (Å²) in [6, 6.07) is 22.1. The lowest BCUT2D eigenvalue weighted by atomic mass is 10.2. The van der Waals surface area contributed by atoms with Gasteiger partial charge in [0.15, 0.2) is 6.61 Å². The summed E-state index contributed by atoms with van der Waals surface area (Å²) >= 11 is 0. The first-order chi connectivity index (χ1) is 18.3. The summed E-state index contributed by atoms with van der Waals surface area (Å²) in [5.41, 5.74) is 2.45. The Kier molecular flexibility index (Phi) is 9.81. The molecule has 0 aromatic heterocycles. The van der Waals surface area contributed by atoms with Gasteiger partial charge < -0.3 is 25.0 Å². The number of aryl methyl sites for hydroxylation is 1. The summed E-state index contributed by atoms with van der Waals surface area (Å²) in [6.07, 6.45) is 0. The van der Waals surface area contributed by atoms with Gasteiger partial charge in [0, 0.05) is 18.4 Å². The molecule has 0 fully saturated rings. The first kappa shape index (κ1) is 27.7. The normalized spacial score (nSPS) is 10.2. The van der Waals surface area contributed by atoms with Crippen molar-refractivity contribution in [2.24, 2.45) is 0 Å². The first-order valence-electron chi connectivity index (χ1n) is 11.8. The Morgan fingerprint density at radius 2 is 1.58 bits per heavy atom. The summed E-state index contributed by atoms with van der Waals surface area (Å²) < 4.78 is 10.2. The van der Waals surface area contributed by atoms with Crippen LogP contribution in [-0.4, -0.2) is 57.7 Å². The van der Waals surface area contributed by atoms with Crippen molar-refractivity contribution in [2.45, 2.75) is 6.92 Å². The second kappa shape index (κ2) is 13.4. The number of carbonyl (C=O) groups is 4. The van der Waals surface area contributed by atoms with E-state index in [-0.39, 0.29) is 30.5 Å². The Hall–Kier alpha value is -4.86. The van der Waals surface area contributed by atoms with Crippen molar-refractivity contribution in [3.63, 3.8) is 0 Å².